The lowest BCUT2D eigenvalue weighted by atomic mass is 9.88. The van der Waals surface area contributed by atoms with Gasteiger partial charge < -0.3 is 5.73 Å². The Labute approximate surface area is 105 Å². The van der Waals surface area contributed by atoms with Crippen molar-refractivity contribution < 1.29 is 13.2 Å². The average molecular weight is 257 g/mol. The molecule has 1 saturated carbocycles. The third-order valence-electron chi connectivity index (χ3n) is 3.89. The summed E-state index contributed by atoms with van der Waals surface area (Å²) in [5.41, 5.74) is 7.02. The van der Waals surface area contributed by atoms with Gasteiger partial charge in [0, 0.05) is 6.04 Å². The maximum atomic E-state index is 12.6. The van der Waals surface area contributed by atoms with Crippen molar-refractivity contribution in [2.75, 3.05) is 0 Å². The first kappa shape index (κ1) is 13.4. The van der Waals surface area contributed by atoms with E-state index in [9.17, 15) is 13.2 Å². The van der Waals surface area contributed by atoms with E-state index in [1.165, 1.54) is 25.0 Å². The van der Waals surface area contributed by atoms with Crippen molar-refractivity contribution >= 4 is 0 Å². The molecule has 4 heteroatoms. The maximum Gasteiger partial charge on any atom is 0.416 e. The number of alkyl halides is 3. The Balaban J connectivity index is 2.24. The fourth-order valence-corrected chi connectivity index (χ4v) is 2.42. The van der Waals surface area contributed by atoms with Crippen molar-refractivity contribution in [3.8, 4) is 0 Å². The SMILES string of the molecule is Cc1cc(C(F)(F)F)ccc1C(N)C(C)C1CC1. The average Bonchev–Trinajstić information content (AvgIpc) is 3.09. The molecule has 1 aromatic rings. The van der Waals surface area contributed by atoms with Crippen LogP contribution in [0.4, 0.5) is 13.2 Å². The second-order valence-electron chi connectivity index (χ2n) is 5.29. The number of benzene rings is 1. The van der Waals surface area contributed by atoms with Crippen LogP contribution in [0, 0.1) is 18.8 Å². The van der Waals surface area contributed by atoms with E-state index < -0.39 is 11.7 Å². The van der Waals surface area contributed by atoms with Crippen molar-refractivity contribution in [1.29, 1.82) is 0 Å². The van der Waals surface area contributed by atoms with E-state index in [4.69, 9.17) is 5.73 Å². The Morgan fingerprint density at radius 1 is 1.28 bits per heavy atom. The van der Waals surface area contributed by atoms with Crippen molar-refractivity contribution in [2.45, 2.75) is 38.9 Å². The van der Waals surface area contributed by atoms with E-state index in [0.29, 0.717) is 17.4 Å². The molecule has 1 aromatic carbocycles. The van der Waals surface area contributed by atoms with Gasteiger partial charge in [-0.25, -0.2) is 0 Å². The van der Waals surface area contributed by atoms with Crippen molar-refractivity contribution in [2.24, 2.45) is 17.6 Å². The van der Waals surface area contributed by atoms with E-state index in [1.54, 1.807) is 6.92 Å². The Morgan fingerprint density at radius 2 is 1.89 bits per heavy atom. The van der Waals surface area contributed by atoms with E-state index in [0.717, 1.165) is 11.6 Å². The van der Waals surface area contributed by atoms with Gasteiger partial charge in [0.1, 0.15) is 0 Å². The smallest absolute Gasteiger partial charge is 0.324 e. The molecule has 0 aliphatic heterocycles. The summed E-state index contributed by atoms with van der Waals surface area (Å²) in [4.78, 5) is 0. The van der Waals surface area contributed by atoms with E-state index in [2.05, 4.69) is 6.92 Å². The summed E-state index contributed by atoms with van der Waals surface area (Å²) in [7, 11) is 0. The molecule has 2 unspecified atom stereocenters. The summed E-state index contributed by atoms with van der Waals surface area (Å²) in [6.07, 6.45) is -1.90. The fraction of sp³-hybridized carbons (Fsp3) is 0.571. The third kappa shape index (κ3) is 2.69. The number of halogens is 3. The quantitative estimate of drug-likeness (QED) is 0.868. The zero-order valence-electron chi connectivity index (χ0n) is 10.6. The lowest BCUT2D eigenvalue weighted by Gasteiger charge is -2.22. The van der Waals surface area contributed by atoms with Crippen LogP contribution in [-0.2, 0) is 6.18 Å². The first-order valence-electron chi connectivity index (χ1n) is 6.24. The molecular formula is C14H18F3N. The standard InChI is InChI=1S/C14H18F3N/c1-8-7-11(14(15,16)17)5-6-12(8)13(18)9(2)10-3-4-10/h5-7,9-10,13H,3-4,18H2,1-2H3. The zero-order chi connectivity index (χ0) is 13.5. The number of aryl methyl sites for hydroxylation is 1. The van der Waals surface area contributed by atoms with Crippen LogP contribution in [0.25, 0.3) is 0 Å². The molecule has 0 spiro atoms. The number of hydrogen-bond acceptors (Lipinski definition) is 1. The molecule has 2 atom stereocenters. The molecule has 2 N–H and O–H groups in total. The van der Waals surface area contributed by atoms with Gasteiger partial charge in [-0.2, -0.15) is 13.2 Å². The summed E-state index contributed by atoms with van der Waals surface area (Å²) >= 11 is 0. The highest BCUT2D eigenvalue weighted by atomic mass is 19.4. The van der Waals surface area contributed by atoms with Gasteiger partial charge in [-0.3, -0.25) is 0 Å². The minimum atomic E-state index is -4.28. The van der Waals surface area contributed by atoms with Crippen molar-refractivity contribution in [3.05, 3.63) is 34.9 Å². The van der Waals surface area contributed by atoms with Crippen LogP contribution in [0.5, 0.6) is 0 Å². The van der Waals surface area contributed by atoms with E-state index in [-0.39, 0.29) is 6.04 Å². The van der Waals surface area contributed by atoms with Crippen LogP contribution in [0.3, 0.4) is 0 Å². The minimum absolute atomic E-state index is 0.167. The number of hydrogen-bond donors (Lipinski definition) is 1. The maximum absolute atomic E-state index is 12.6. The lowest BCUT2D eigenvalue weighted by molar-refractivity contribution is -0.137. The highest BCUT2D eigenvalue weighted by Crippen LogP contribution is 2.42. The van der Waals surface area contributed by atoms with Crippen molar-refractivity contribution in [1.82, 2.24) is 0 Å². The van der Waals surface area contributed by atoms with Gasteiger partial charge in [0.05, 0.1) is 5.56 Å². The fourth-order valence-electron chi connectivity index (χ4n) is 2.42. The van der Waals surface area contributed by atoms with Gasteiger partial charge in [0.25, 0.3) is 0 Å². The van der Waals surface area contributed by atoms with Gasteiger partial charge in [0.15, 0.2) is 0 Å². The van der Waals surface area contributed by atoms with Gasteiger partial charge >= 0.3 is 6.18 Å². The Bertz CT molecular complexity index is 435. The van der Waals surface area contributed by atoms with E-state index >= 15 is 0 Å². The summed E-state index contributed by atoms with van der Waals surface area (Å²) in [5.74, 6) is 0.974. The van der Waals surface area contributed by atoms with Crippen LogP contribution in [0.15, 0.2) is 18.2 Å². The predicted molar refractivity (Wildman–Crippen MR) is 65.0 cm³/mol. The molecule has 0 bridgehead atoms. The molecule has 1 aliphatic carbocycles. The summed E-state index contributed by atoms with van der Waals surface area (Å²) in [6.45, 7) is 3.78. The number of nitrogens with two attached hydrogens (primary N) is 1. The van der Waals surface area contributed by atoms with Crippen LogP contribution in [0.1, 0.15) is 42.5 Å². The van der Waals surface area contributed by atoms with Gasteiger partial charge in [-0.15, -0.1) is 0 Å². The largest absolute Gasteiger partial charge is 0.416 e. The molecule has 0 amide bonds. The zero-order valence-corrected chi connectivity index (χ0v) is 10.6. The van der Waals surface area contributed by atoms with Crippen LogP contribution in [0.2, 0.25) is 0 Å². The molecule has 0 radical (unpaired) electrons. The summed E-state index contributed by atoms with van der Waals surface area (Å²) in [5, 5.41) is 0. The topological polar surface area (TPSA) is 26.0 Å². The Hall–Kier alpha value is -1.03. The van der Waals surface area contributed by atoms with Crippen LogP contribution >= 0.6 is 0 Å². The molecule has 1 aliphatic rings. The highest BCUT2D eigenvalue weighted by molar-refractivity contribution is 5.35. The minimum Gasteiger partial charge on any atom is -0.324 e. The summed E-state index contributed by atoms with van der Waals surface area (Å²) < 4.78 is 37.7. The summed E-state index contributed by atoms with van der Waals surface area (Å²) in [6, 6.07) is 3.68. The second-order valence-corrected chi connectivity index (χ2v) is 5.29. The normalized spacial score (nSPS) is 19.7. The van der Waals surface area contributed by atoms with Crippen molar-refractivity contribution in [3.63, 3.8) is 0 Å². The first-order valence-corrected chi connectivity index (χ1v) is 6.24. The molecule has 1 nitrogen and oxygen atoms in total. The molecule has 1 fully saturated rings. The molecule has 0 heterocycles. The molecular weight excluding hydrogens is 239 g/mol. The molecule has 2 rings (SSSR count). The van der Waals surface area contributed by atoms with E-state index in [1.807, 2.05) is 0 Å². The predicted octanol–water partition coefficient (Wildman–Crippen LogP) is 4.06. The monoisotopic (exact) mass is 257 g/mol. The van der Waals surface area contributed by atoms with Crippen LogP contribution < -0.4 is 5.73 Å². The Morgan fingerprint density at radius 3 is 2.33 bits per heavy atom. The lowest BCUT2D eigenvalue weighted by Crippen LogP contribution is -2.22. The Kier molecular flexibility index (Phi) is 3.41. The molecule has 18 heavy (non-hydrogen) atoms. The molecule has 100 valence electrons. The van der Waals surface area contributed by atoms with Gasteiger partial charge in [0.2, 0.25) is 0 Å². The third-order valence-corrected chi connectivity index (χ3v) is 3.89. The van der Waals surface area contributed by atoms with Crippen LogP contribution in [-0.4, -0.2) is 0 Å². The number of rotatable bonds is 3. The highest BCUT2D eigenvalue weighted by Gasteiger charge is 2.34. The molecule has 0 aromatic heterocycles. The molecule has 0 saturated heterocycles. The second kappa shape index (κ2) is 4.57. The van der Waals surface area contributed by atoms with Gasteiger partial charge in [-0.05, 0) is 54.9 Å². The first-order chi connectivity index (χ1) is 8.30. The van der Waals surface area contributed by atoms with Gasteiger partial charge in [-0.1, -0.05) is 13.0 Å².